The average molecular weight is 957 g/mol. The van der Waals surface area contributed by atoms with E-state index in [-0.39, 0.29) is 67.9 Å². The van der Waals surface area contributed by atoms with Gasteiger partial charge in [-0.2, -0.15) is 13.2 Å². The largest absolute Gasteiger partial charge is 0.402 e. The van der Waals surface area contributed by atoms with E-state index in [0.717, 1.165) is 68.1 Å². The first kappa shape index (κ1) is 46.4. The van der Waals surface area contributed by atoms with Gasteiger partial charge in [0, 0.05) is 7.05 Å². The number of nitrogens with zero attached hydrogens (tertiary/aromatic N) is 4. The minimum absolute atomic E-state index is 0.0336. The predicted octanol–water partition coefficient (Wildman–Crippen LogP) is 10.0. The minimum atomic E-state index is -4.98. The molecule has 0 unspecified atom stereocenters. The molecule has 0 fully saturated rings. The lowest BCUT2D eigenvalue weighted by Gasteiger charge is -2.33. The second-order valence-electron chi connectivity index (χ2n) is 19.0. The Kier molecular flexibility index (Phi) is 10.2. The summed E-state index contributed by atoms with van der Waals surface area (Å²) in [6, 6.07) is 19.9. The lowest BCUT2D eigenvalue weighted by atomic mass is 9.74. The highest BCUT2D eigenvalue weighted by atomic mass is 19.4. The summed E-state index contributed by atoms with van der Waals surface area (Å²) in [5.74, 6) is -5.18. The third-order valence-corrected chi connectivity index (χ3v) is 15.1. The molecule has 0 spiro atoms. The number of aryl methyl sites for hydroxylation is 4. The Balaban J connectivity index is 0.938. The third kappa shape index (κ3) is 6.44. The highest BCUT2D eigenvalue weighted by Gasteiger charge is 2.55. The average Bonchev–Trinajstić information content (AvgIpc) is 3.91. The molecule has 4 heterocycles. The number of imide groups is 4. The third-order valence-electron chi connectivity index (χ3n) is 15.1. The van der Waals surface area contributed by atoms with E-state index in [1.54, 1.807) is 57.2 Å². The van der Waals surface area contributed by atoms with Crippen LogP contribution in [-0.2, 0) is 12.0 Å². The second kappa shape index (κ2) is 15.6. The number of amides is 8. The van der Waals surface area contributed by atoms with Gasteiger partial charge in [-0.1, -0.05) is 36.4 Å². The number of hydrogen-bond donors (Lipinski definition) is 0. The first-order valence-corrected chi connectivity index (χ1v) is 22.7. The molecule has 0 radical (unpaired) electrons. The van der Waals surface area contributed by atoms with E-state index in [4.69, 9.17) is 0 Å². The van der Waals surface area contributed by atoms with Crippen molar-refractivity contribution in [3.8, 4) is 11.1 Å². The quantitative estimate of drug-likeness (QED) is 0.144. The fourth-order valence-corrected chi connectivity index (χ4v) is 10.7. The molecule has 6 aromatic carbocycles. The van der Waals surface area contributed by atoms with Crippen molar-refractivity contribution in [2.24, 2.45) is 0 Å². The summed E-state index contributed by atoms with van der Waals surface area (Å²) in [5, 5.41) is 0. The Labute approximate surface area is 405 Å². The Bertz CT molecular complexity index is 3590. The molecular formula is C56H43F3N4O8. The zero-order chi connectivity index (χ0) is 51.2. The molecule has 10 rings (SSSR count). The smallest absolute Gasteiger partial charge is 0.277 e. The normalized spacial score (nSPS) is 16.2. The number of rotatable bonds is 7. The van der Waals surface area contributed by atoms with Gasteiger partial charge in [-0.3, -0.25) is 48.2 Å². The van der Waals surface area contributed by atoms with E-state index in [1.807, 2.05) is 33.8 Å². The lowest BCUT2D eigenvalue weighted by Crippen LogP contribution is -2.41. The number of halogens is 3. The van der Waals surface area contributed by atoms with Crippen LogP contribution < -0.4 is 9.80 Å². The van der Waals surface area contributed by atoms with E-state index < -0.39 is 58.8 Å². The molecule has 8 amide bonds. The van der Waals surface area contributed by atoms with Crippen LogP contribution in [0.15, 0.2) is 84.9 Å². The van der Waals surface area contributed by atoms with Crippen LogP contribution in [0.25, 0.3) is 11.1 Å². The van der Waals surface area contributed by atoms with Crippen LogP contribution in [0.2, 0.25) is 0 Å². The number of carbonyl (C=O) groups is 8. The summed E-state index contributed by atoms with van der Waals surface area (Å²) in [6.45, 7) is 13.4. The Morgan fingerprint density at radius 2 is 0.789 bits per heavy atom. The fraction of sp³-hybridized carbons (Fsp3) is 0.214. The van der Waals surface area contributed by atoms with Crippen molar-refractivity contribution in [2.45, 2.75) is 73.5 Å². The van der Waals surface area contributed by atoms with Gasteiger partial charge in [0.2, 0.25) is 0 Å². The molecule has 356 valence electrons. The van der Waals surface area contributed by atoms with Crippen molar-refractivity contribution in [1.82, 2.24) is 9.80 Å². The highest BCUT2D eigenvalue weighted by molar-refractivity contribution is 6.36. The van der Waals surface area contributed by atoms with Gasteiger partial charge in [0.15, 0.2) is 0 Å². The molecule has 0 saturated carbocycles. The van der Waals surface area contributed by atoms with Crippen LogP contribution in [0.1, 0.15) is 145 Å². The van der Waals surface area contributed by atoms with Gasteiger partial charge in [0.05, 0.1) is 62.4 Å². The number of benzene rings is 6. The molecule has 0 bridgehead atoms. The monoisotopic (exact) mass is 956 g/mol. The van der Waals surface area contributed by atoms with Gasteiger partial charge in [0.1, 0.15) is 5.41 Å². The molecular weight excluding hydrogens is 914 g/mol. The van der Waals surface area contributed by atoms with Gasteiger partial charge < -0.3 is 0 Å². The molecule has 4 aliphatic heterocycles. The molecule has 4 aliphatic rings. The van der Waals surface area contributed by atoms with Crippen molar-refractivity contribution >= 4 is 58.6 Å². The number of hydrogen-bond acceptors (Lipinski definition) is 8. The summed E-state index contributed by atoms with van der Waals surface area (Å²) < 4.78 is 45.9. The van der Waals surface area contributed by atoms with Crippen LogP contribution >= 0.6 is 0 Å². The molecule has 6 aromatic rings. The van der Waals surface area contributed by atoms with E-state index in [0.29, 0.717) is 39.1 Å². The molecule has 0 N–H and O–H groups in total. The summed E-state index contributed by atoms with van der Waals surface area (Å²) in [5.41, 5.74) is 3.86. The molecule has 12 nitrogen and oxygen atoms in total. The standard InChI is InChI=1S/C56H43F3N4O8/c1-25-18-27(3)45(30(6)29(25)5)62-51(68)38-15-11-33(21-41(38)53(62)70)32-10-14-37-40(20-32)50(67)61(49(37)66)24-44-26(2)19-28(4)46(31(44)7)63-52(69)39-17-13-35(23-43(39)54(63)71)55(8,56(57,58)59)34-12-16-36-42(22-34)48(65)60(9)47(36)64/h10-23H,24H2,1-9H3/t55-/m1/s1. The van der Waals surface area contributed by atoms with Gasteiger partial charge >= 0.3 is 6.18 Å². The molecule has 0 aromatic heterocycles. The molecule has 0 saturated heterocycles. The molecule has 1 atom stereocenters. The number of anilines is 2. The second-order valence-corrected chi connectivity index (χ2v) is 19.0. The first-order chi connectivity index (χ1) is 33.4. The van der Waals surface area contributed by atoms with Crippen molar-refractivity contribution in [3.63, 3.8) is 0 Å². The van der Waals surface area contributed by atoms with Gasteiger partial charge in [0.25, 0.3) is 47.3 Å². The SMILES string of the molecule is Cc1cc(C)c(N2C(=O)c3ccc(-c4ccc5c(c4)C(=O)N(Cc4c(C)cc(C)c(N6C(=O)c7ccc([C@@](C)(c8ccc9c(c8)C(=O)N(C)C9=O)C(F)(F)F)cc7C6=O)c4C)C5=O)cc3C2=O)c(C)c1C. The maximum atomic E-state index is 15.3. The van der Waals surface area contributed by atoms with E-state index in [2.05, 4.69) is 0 Å². The molecule has 15 heteroatoms. The summed E-state index contributed by atoms with van der Waals surface area (Å²) in [4.78, 5) is 114. The Hall–Kier alpha value is -8.33. The van der Waals surface area contributed by atoms with E-state index >= 15 is 13.2 Å². The lowest BCUT2D eigenvalue weighted by molar-refractivity contribution is -0.173. The number of alkyl halides is 3. The Morgan fingerprint density at radius 1 is 0.408 bits per heavy atom. The highest BCUT2D eigenvalue weighted by Crippen LogP contribution is 2.49. The van der Waals surface area contributed by atoms with Gasteiger partial charge in [-0.15, -0.1) is 0 Å². The van der Waals surface area contributed by atoms with E-state index in [1.165, 1.54) is 30.1 Å². The number of fused-ring (bicyclic) bond motifs is 4. The summed E-state index contributed by atoms with van der Waals surface area (Å²) >= 11 is 0. The Morgan fingerprint density at radius 3 is 1.31 bits per heavy atom. The van der Waals surface area contributed by atoms with Crippen LogP contribution in [-0.4, -0.2) is 70.3 Å². The van der Waals surface area contributed by atoms with Gasteiger partial charge in [-0.25, -0.2) is 9.80 Å². The van der Waals surface area contributed by atoms with E-state index in [9.17, 15) is 38.4 Å². The zero-order valence-electron chi connectivity index (χ0n) is 40.0. The van der Waals surface area contributed by atoms with Crippen molar-refractivity contribution in [2.75, 3.05) is 16.8 Å². The van der Waals surface area contributed by atoms with Crippen molar-refractivity contribution in [3.05, 3.63) is 185 Å². The van der Waals surface area contributed by atoms with Crippen LogP contribution in [0.5, 0.6) is 0 Å². The predicted molar refractivity (Wildman–Crippen MR) is 256 cm³/mol. The molecule has 0 aliphatic carbocycles. The van der Waals surface area contributed by atoms with Crippen LogP contribution in [0.3, 0.4) is 0 Å². The minimum Gasteiger partial charge on any atom is -0.277 e. The maximum Gasteiger partial charge on any atom is 0.402 e. The van der Waals surface area contributed by atoms with Crippen molar-refractivity contribution in [1.29, 1.82) is 0 Å². The summed E-state index contributed by atoms with van der Waals surface area (Å²) in [7, 11) is 1.23. The first-order valence-electron chi connectivity index (χ1n) is 22.7. The van der Waals surface area contributed by atoms with Gasteiger partial charge in [-0.05, 0) is 171 Å². The molecule has 71 heavy (non-hydrogen) atoms. The van der Waals surface area contributed by atoms with Crippen LogP contribution in [0, 0.1) is 48.5 Å². The van der Waals surface area contributed by atoms with Crippen LogP contribution in [0.4, 0.5) is 24.5 Å². The number of carbonyl (C=O) groups excluding carboxylic acids is 8. The van der Waals surface area contributed by atoms with Crippen molar-refractivity contribution < 1.29 is 51.5 Å². The maximum absolute atomic E-state index is 15.3. The zero-order valence-corrected chi connectivity index (χ0v) is 40.0. The summed E-state index contributed by atoms with van der Waals surface area (Å²) in [6.07, 6.45) is -4.98. The fourth-order valence-electron chi connectivity index (χ4n) is 10.7. The topological polar surface area (TPSA) is 150 Å².